The number of hydrogen-bond donors (Lipinski definition) is 1. The monoisotopic (exact) mass is 461 g/mol. The van der Waals surface area contributed by atoms with Crippen LogP contribution in [0.1, 0.15) is 12.8 Å². The molecule has 1 aromatic carbocycles. The summed E-state index contributed by atoms with van der Waals surface area (Å²) in [6.07, 6.45) is 4.07. The number of nitrogens with zero attached hydrogens (tertiary/aromatic N) is 4. The predicted molar refractivity (Wildman–Crippen MR) is 117 cm³/mol. The first-order chi connectivity index (χ1) is 15.0. The Kier molecular flexibility index (Phi) is 6.20. The summed E-state index contributed by atoms with van der Waals surface area (Å²) >= 11 is 11.7. The molecule has 3 aromatic rings. The van der Waals surface area contributed by atoms with Crippen molar-refractivity contribution in [3.8, 4) is 5.88 Å². The normalized spacial score (nSPS) is 16.2. The SMILES string of the molecule is C=CC(=O)N1CCC[C@H](Oc2ccc3ncnc(Nc4ccc(Cl)c(Cl)c4F)c3n2)C1. The highest BCUT2D eigenvalue weighted by Crippen LogP contribution is 2.32. The molecular weight excluding hydrogens is 444 g/mol. The Labute approximate surface area is 187 Å². The first kappa shape index (κ1) is 21.3. The Hall–Kier alpha value is -2.97. The van der Waals surface area contributed by atoms with Crippen molar-refractivity contribution in [2.24, 2.45) is 0 Å². The molecule has 0 saturated carbocycles. The molecular formula is C21H18Cl2FN5O2. The third-order valence-corrected chi connectivity index (χ3v) is 5.68. The van der Waals surface area contributed by atoms with Crippen LogP contribution in [-0.2, 0) is 4.79 Å². The summed E-state index contributed by atoms with van der Waals surface area (Å²) in [6.45, 7) is 4.66. The number of likely N-dealkylation sites (tertiary alicyclic amines) is 1. The van der Waals surface area contributed by atoms with Gasteiger partial charge in [0.15, 0.2) is 11.6 Å². The molecule has 0 bridgehead atoms. The molecule has 0 unspecified atom stereocenters. The number of benzene rings is 1. The van der Waals surface area contributed by atoms with Gasteiger partial charge in [-0.25, -0.2) is 19.3 Å². The fourth-order valence-corrected chi connectivity index (χ4v) is 3.67. The van der Waals surface area contributed by atoms with Gasteiger partial charge in [-0.15, -0.1) is 0 Å². The van der Waals surface area contributed by atoms with E-state index in [1.807, 2.05) is 0 Å². The zero-order valence-electron chi connectivity index (χ0n) is 16.3. The Balaban J connectivity index is 1.60. The average molecular weight is 462 g/mol. The van der Waals surface area contributed by atoms with Gasteiger partial charge in [-0.3, -0.25) is 4.79 Å². The van der Waals surface area contributed by atoms with Crippen molar-refractivity contribution < 1.29 is 13.9 Å². The molecule has 2 aromatic heterocycles. The summed E-state index contributed by atoms with van der Waals surface area (Å²) in [7, 11) is 0. The quantitative estimate of drug-likeness (QED) is 0.435. The second-order valence-electron chi connectivity index (χ2n) is 6.96. The van der Waals surface area contributed by atoms with E-state index >= 15 is 0 Å². The highest BCUT2D eigenvalue weighted by Gasteiger charge is 2.24. The van der Waals surface area contributed by atoms with Crippen LogP contribution in [0.3, 0.4) is 0 Å². The van der Waals surface area contributed by atoms with Crippen LogP contribution >= 0.6 is 23.2 Å². The van der Waals surface area contributed by atoms with E-state index in [-0.39, 0.29) is 27.7 Å². The van der Waals surface area contributed by atoms with Crippen LogP contribution in [0.2, 0.25) is 10.0 Å². The maximum Gasteiger partial charge on any atom is 0.246 e. The number of ether oxygens (including phenoxy) is 1. The average Bonchev–Trinajstić information content (AvgIpc) is 2.79. The number of carbonyl (C=O) groups excluding carboxylic acids is 1. The van der Waals surface area contributed by atoms with Gasteiger partial charge in [0.05, 0.1) is 27.8 Å². The molecule has 1 aliphatic rings. The predicted octanol–water partition coefficient (Wildman–Crippen LogP) is 4.77. The van der Waals surface area contributed by atoms with Gasteiger partial charge in [0.2, 0.25) is 11.8 Å². The summed E-state index contributed by atoms with van der Waals surface area (Å²) in [6, 6.07) is 6.39. The number of hydrogen-bond acceptors (Lipinski definition) is 6. The second-order valence-corrected chi connectivity index (χ2v) is 7.74. The third-order valence-electron chi connectivity index (χ3n) is 4.90. The fourth-order valence-electron chi connectivity index (χ4n) is 3.36. The number of fused-ring (bicyclic) bond motifs is 1. The molecule has 10 heteroatoms. The lowest BCUT2D eigenvalue weighted by molar-refractivity contribution is -0.128. The molecule has 1 atom stereocenters. The van der Waals surface area contributed by atoms with Crippen LogP contribution in [0.4, 0.5) is 15.9 Å². The van der Waals surface area contributed by atoms with Crippen molar-refractivity contribution in [3.63, 3.8) is 0 Å². The van der Waals surface area contributed by atoms with Gasteiger partial charge in [0.25, 0.3) is 0 Å². The minimum atomic E-state index is -0.692. The van der Waals surface area contributed by atoms with E-state index in [1.54, 1.807) is 17.0 Å². The zero-order valence-corrected chi connectivity index (χ0v) is 17.8. The number of pyridine rings is 1. The standard InChI is InChI=1S/C21H18Cl2FN5O2/c1-2-17(30)29-9-3-4-12(10-29)31-16-8-7-15-20(28-16)21(26-11-25-15)27-14-6-5-13(22)18(23)19(14)24/h2,5-8,11-12H,1,3-4,9-10H2,(H,25,26,27)/t12-/m0/s1. The van der Waals surface area contributed by atoms with E-state index in [2.05, 4.69) is 26.8 Å². The van der Waals surface area contributed by atoms with E-state index in [1.165, 1.54) is 24.5 Å². The topological polar surface area (TPSA) is 80.2 Å². The van der Waals surface area contributed by atoms with Crippen molar-refractivity contribution in [3.05, 3.63) is 59.1 Å². The first-order valence-corrected chi connectivity index (χ1v) is 10.3. The summed E-state index contributed by atoms with van der Waals surface area (Å²) < 4.78 is 20.5. The van der Waals surface area contributed by atoms with Gasteiger partial charge < -0.3 is 15.0 Å². The van der Waals surface area contributed by atoms with Crippen LogP contribution in [0.15, 0.2) is 43.2 Å². The molecule has 0 spiro atoms. The number of anilines is 2. The number of amides is 1. The highest BCUT2D eigenvalue weighted by atomic mass is 35.5. The van der Waals surface area contributed by atoms with Gasteiger partial charge in [-0.2, -0.15) is 0 Å². The minimum Gasteiger partial charge on any atom is -0.472 e. The van der Waals surface area contributed by atoms with Crippen molar-refractivity contribution in [2.45, 2.75) is 18.9 Å². The lowest BCUT2D eigenvalue weighted by Crippen LogP contribution is -2.43. The van der Waals surface area contributed by atoms with Crippen LogP contribution < -0.4 is 10.1 Å². The lowest BCUT2D eigenvalue weighted by atomic mass is 10.1. The molecule has 0 aliphatic carbocycles. The molecule has 1 fully saturated rings. The number of aromatic nitrogens is 3. The Morgan fingerprint density at radius 2 is 2.13 bits per heavy atom. The van der Waals surface area contributed by atoms with Crippen molar-refractivity contribution in [1.29, 1.82) is 0 Å². The summed E-state index contributed by atoms with van der Waals surface area (Å²) in [5, 5.41) is 2.82. The molecule has 1 N–H and O–H groups in total. The van der Waals surface area contributed by atoms with Crippen LogP contribution in [0, 0.1) is 5.82 Å². The smallest absolute Gasteiger partial charge is 0.246 e. The summed E-state index contributed by atoms with van der Waals surface area (Å²) in [5.41, 5.74) is 1.06. The van der Waals surface area contributed by atoms with E-state index in [4.69, 9.17) is 27.9 Å². The molecule has 160 valence electrons. The Morgan fingerprint density at radius 1 is 1.29 bits per heavy atom. The maximum atomic E-state index is 14.5. The van der Waals surface area contributed by atoms with Crippen LogP contribution in [0.5, 0.6) is 5.88 Å². The second kappa shape index (κ2) is 9.03. The third kappa shape index (κ3) is 4.55. The van der Waals surface area contributed by atoms with E-state index < -0.39 is 5.82 Å². The lowest BCUT2D eigenvalue weighted by Gasteiger charge is -2.31. The molecule has 4 rings (SSSR count). The maximum absolute atomic E-state index is 14.5. The van der Waals surface area contributed by atoms with E-state index in [0.717, 1.165) is 12.8 Å². The number of rotatable bonds is 5. The van der Waals surface area contributed by atoms with E-state index in [9.17, 15) is 9.18 Å². The van der Waals surface area contributed by atoms with Gasteiger partial charge in [-0.05, 0) is 37.1 Å². The molecule has 31 heavy (non-hydrogen) atoms. The van der Waals surface area contributed by atoms with Crippen LogP contribution in [-0.4, -0.2) is 45.0 Å². The van der Waals surface area contributed by atoms with Crippen molar-refractivity contribution in [1.82, 2.24) is 19.9 Å². The largest absolute Gasteiger partial charge is 0.472 e. The molecule has 7 nitrogen and oxygen atoms in total. The number of carbonyl (C=O) groups is 1. The molecule has 0 radical (unpaired) electrons. The first-order valence-electron chi connectivity index (χ1n) is 9.56. The number of halogens is 3. The number of piperidine rings is 1. The molecule has 1 aliphatic heterocycles. The molecule has 1 amide bonds. The van der Waals surface area contributed by atoms with Crippen molar-refractivity contribution in [2.75, 3.05) is 18.4 Å². The minimum absolute atomic E-state index is 0.105. The zero-order chi connectivity index (χ0) is 22.0. The van der Waals surface area contributed by atoms with E-state index in [0.29, 0.717) is 35.8 Å². The Morgan fingerprint density at radius 3 is 2.94 bits per heavy atom. The van der Waals surface area contributed by atoms with Gasteiger partial charge in [0, 0.05) is 12.6 Å². The molecule has 1 saturated heterocycles. The van der Waals surface area contributed by atoms with Gasteiger partial charge in [0.1, 0.15) is 17.9 Å². The van der Waals surface area contributed by atoms with Gasteiger partial charge >= 0.3 is 0 Å². The summed E-state index contributed by atoms with van der Waals surface area (Å²) in [5.74, 6) is -0.163. The highest BCUT2D eigenvalue weighted by molar-refractivity contribution is 6.42. The van der Waals surface area contributed by atoms with Crippen LogP contribution in [0.25, 0.3) is 11.0 Å². The number of nitrogens with one attached hydrogen (secondary N) is 1. The van der Waals surface area contributed by atoms with Gasteiger partial charge in [-0.1, -0.05) is 29.8 Å². The summed E-state index contributed by atoms with van der Waals surface area (Å²) in [4.78, 5) is 26.5. The molecule has 3 heterocycles. The van der Waals surface area contributed by atoms with Crippen molar-refractivity contribution >= 4 is 51.6 Å². The fraction of sp³-hybridized carbons (Fsp3) is 0.238. The Bertz CT molecular complexity index is 1160.